The maximum atomic E-state index is 10.2. The second kappa shape index (κ2) is 6.66. The van der Waals surface area contributed by atoms with Crippen LogP contribution < -0.4 is 0 Å². The summed E-state index contributed by atoms with van der Waals surface area (Å²) in [6.45, 7) is 4.21. The van der Waals surface area contributed by atoms with Crippen molar-refractivity contribution in [3.63, 3.8) is 0 Å². The van der Waals surface area contributed by atoms with Crippen LogP contribution in [-0.4, -0.2) is 18.3 Å². The molecule has 1 rings (SSSR count). The molecule has 0 aliphatic heterocycles. The lowest BCUT2D eigenvalue weighted by Gasteiger charge is -2.21. The minimum atomic E-state index is -0.517. The molecular weight excluding hydrogens is 200 g/mol. The fraction of sp³-hybridized carbons (Fsp3) is 0.571. The Morgan fingerprint density at radius 3 is 2.62 bits per heavy atom. The molecule has 0 aliphatic carbocycles. The normalized spacial score (nSPS) is 14.8. The molecule has 0 aromatic heterocycles. The first kappa shape index (κ1) is 13.2. The van der Waals surface area contributed by atoms with Crippen molar-refractivity contribution in [3.8, 4) is 0 Å². The van der Waals surface area contributed by atoms with Crippen molar-refractivity contribution in [2.75, 3.05) is 7.11 Å². The number of benzene rings is 1. The summed E-state index contributed by atoms with van der Waals surface area (Å²) in [6.07, 6.45) is 2.27. The molecule has 90 valence electrons. The first-order valence-electron chi connectivity index (χ1n) is 6.02. The van der Waals surface area contributed by atoms with Gasteiger partial charge in [0.15, 0.2) is 0 Å². The van der Waals surface area contributed by atoms with Gasteiger partial charge >= 0.3 is 0 Å². The van der Waals surface area contributed by atoms with Gasteiger partial charge in [-0.3, -0.25) is 0 Å². The summed E-state index contributed by atoms with van der Waals surface area (Å²) in [5, 5.41) is 10.2. The van der Waals surface area contributed by atoms with E-state index in [1.54, 1.807) is 7.11 Å². The molecule has 2 atom stereocenters. The molecule has 0 saturated heterocycles. The Morgan fingerprint density at radius 1 is 1.31 bits per heavy atom. The van der Waals surface area contributed by atoms with Crippen LogP contribution in [-0.2, 0) is 11.2 Å². The van der Waals surface area contributed by atoms with Gasteiger partial charge < -0.3 is 9.84 Å². The Hall–Kier alpha value is -0.860. The highest BCUT2D eigenvalue weighted by molar-refractivity contribution is 5.25. The fourth-order valence-electron chi connectivity index (χ4n) is 1.90. The number of hydrogen-bond acceptors (Lipinski definition) is 2. The van der Waals surface area contributed by atoms with E-state index in [1.165, 1.54) is 5.56 Å². The van der Waals surface area contributed by atoms with Crippen LogP contribution in [0, 0.1) is 0 Å². The van der Waals surface area contributed by atoms with Crippen molar-refractivity contribution in [3.05, 3.63) is 35.4 Å². The highest BCUT2D eigenvalue weighted by Gasteiger charge is 2.19. The van der Waals surface area contributed by atoms with Crippen LogP contribution in [0.5, 0.6) is 0 Å². The number of aryl methyl sites for hydroxylation is 1. The van der Waals surface area contributed by atoms with Gasteiger partial charge in [-0.05, 0) is 24.0 Å². The predicted molar refractivity (Wildman–Crippen MR) is 66.5 cm³/mol. The van der Waals surface area contributed by atoms with E-state index in [0.29, 0.717) is 0 Å². The molecule has 1 aromatic rings. The van der Waals surface area contributed by atoms with Crippen LogP contribution in [0.4, 0.5) is 0 Å². The Labute approximate surface area is 98.3 Å². The van der Waals surface area contributed by atoms with E-state index in [2.05, 4.69) is 26.0 Å². The lowest BCUT2D eigenvalue weighted by atomic mass is 9.98. The van der Waals surface area contributed by atoms with Gasteiger partial charge in [0.1, 0.15) is 6.10 Å². The highest BCUT2D eigenvalue weighted by atomic mass is 16.5. The number of aliphatic hydroxyl groups excluding tert-OH is 1. The van der Waals surface area contributed by atoms with Crippen molar-refractivity contribution in [1.82, 2.24) is 0 Å². The van der Waals surface area contributed by atoms with E-state index in [1.807, 2.05) is 12.1 Å². The monoisotopic (exact) mass is 222 g/mol. The van der Waals surface area contributed by atoms with Crippen LogP contribution in [0.15, 0.2) is 24.3 Å². The van der Waals surface area contributed by atoms with Gasteiger partial charge in [0.2, 0.25) is 0 Å². The molecule has 0 bridgehead atoms. The molecule has 0 amide bonds. The SMILES string of the molecule is CCCC(OC)C(O)c1cccc(CC)c1. The molecule has 2 unspecified atom stereocenters. The van der Waals surface area contributed by atoms with Gasteiger partial charge in [-0.25, -0.2) is 0 Å². The Morgan fingerprint density at radius 2 is 2.06 bits per heavy atom. The number of hydrogen-bond donors (Lipinski definition) is 1. The third-order valence-electron chi connectivity index (χ3n) is 2.93. The summed E-state index contributed by atoms with van der Waals surface area (Å²) in [4.78, 5) is 0. The van der Waals surface area contributed by atoms with E-state index >= 15 is 0 Å². The fourth-order valence-corrected chi connectivity index (χ4v) is 1.90. The molecule has 0 aliphatic rings. The third-order valence-corrected chi connectivity index (χ3v) is 2.93. The van der Waals surface area contributed by atoms with Crippen molar-refractivity contribution in [2.45, 2.75) is 45.3 Å². The van der Waals surface area contributed by atoms with E-state index in [0.717, 1.165) is 24.8 Å². The molecule has 2 heteroatoms. The van der Waals surface area contributed by atoms with E-state index in [-0.39, 0.29) is 6.10 Å². The van der Waals surface area contributed by atoms with Crippen molar-refractivity contribution >= 4 is 0 Å². The number of methoxy groups -OCH3 is 1. The first-order chi connectivity index (χ1) is 7.72. The molecule has 0 fully saturated rings. The molecule has 2 nitrogen and oxygen atoms in total. The first-order valence-corrected chi connectivity index (χ1v) is 6.02. The molecule has 0 heterocycles. The van der Waals surface area contributed by atoms with E-state index < -0.39 is 6.10 Å². The van der Waals surface area contributed by atoms with Gasteiger partial charge in [-0.15, -0.1) is 0 Å². The molecular formula is C14H22O2. The summed E-state index contributed by atoms with van der Waals surface area (Å²) in [5.41, 5.74) is 2.21. The number of rotatable bonds is 6. The Bertz CT molecular complexity index is 309. The van der Waals surface area contributed by atoms with Crippen LogP contribution in [0.1, 0.15) is 43.9 Å². The molecule has 0 radical (unpaired) electrons. The zero-order valence-corrected chi connectivity index (χ0v) is 10.4. The Balaban J connectivity index is 2.80. The lowest BCUT2D eigenvalue weighted by Crippen LogP contribution is -2.20. The summed E-state index contributed by atoms with van der Waals surface area (Å²) in [5.74, 6) is 0. The van der Waals surface area contributed by atoms with Crippen LogP contribution in [0.25, 0.3) is 0 Å². The predicted octanol–water partition coefficient (Wildman–Crippen LogP) is 3.10. The van der Waals surface area contributed by atoms with E-state index in [9.17, 15) is 5.11 Å². The average molecular weight is 222 g/mol. The molecule has 16 heavy (non-hydrogen) atoms. The minimum Gasteiger partial charge on any atom is -0.386 e. The third kappa shape index (κ3) is 3.32. The van der Waals surface area contributed by atoms with Gasteiger partial charge in [0.05, 0.1) is 6.10 Å². The van der Waals surface area contributed by atoms with Gasteiger partial charge in [0, 0.05) is 7.11 Å². The van der Waals surface area contributed by atoms with Gasteiger partial charge in [-0.2, -0.15) is 0 Å². The second-order valence-corrected chi connectivity index (χ2v) is 4.11. The number of aliphatic hydroxyl groups is 1. The minimum absolute atomic E-state index is 0.0999. The molecule has 0 saturated carbocycles. The van der Waals surface area contributed by atoms with E-state index in [4.69, 9.17) is 4.74 Å². The van der Waals surface area contributed by atoms with Crippen molar-refractivity contribution < 1.29 is 9.84 Å². The highest BCUT2D eigenvalue weighted by Crippen LogP contribution is 2.23. The zero-order chi connectivity index (χ0) is 12.0. The van der Waals surface area contributed by atoms with Crippen molar-refractivity contribution in [2.24, 2.45) is 0 Å². The van der Waals surface area contributed by atoms with Gasteiger partial charge in [-0.1, -0.05) is 44.5 Å². The van der Waals surface area contributed by atoms with Gasteiger partial charge in [0.25, 0.3) is 0 Å². The van der Waals surface area contributed by atoms with Crippen LogP contribution >= 0.6 is 0 Å². The maximum absolute atomic E-state index is 10.2. The van der Waals surface area contributed by atoms with Crippen molar-refractivity contribution in [1.29, 1.82) is 0 Å². The smallest absolute Gasteiger partial charge is 0.105 e. The molecule has 1 N–H and O–H groups in total. The molecule has 1 aromatic carbocycles. The molecule has 0 spiro atoms. The second-order valence-electron chi connectivity index (χ2n) is 4.11. The Kier molecular flexibility index (Phi) is 5.50. The summed E-state index contributed by atoms with van der Waals surface area (Å²) >= 11 is 0. The quantitative estimate of drug-likeness (QED) is 0.801. The summed E-state index contributed by atoms with van der Waals surface area (Å²) in [6, 6.07) is 8.10. The lowest BCUT2D eigenvalue weighted by molar-refractivity contribution is -0.0180. The largest absolute Gasteiger partial charge is 0.386 e. The summed E-state index contributed by atoms with van der Waals surface area (Å²) in [7, 11) is 1.66. The summed E-state index contributed by atoms with van der Waals surface area (Å²) < 4.78 is 5.33. The average Bonchev–Trinajstić information content (AvgIpc) is 2.35. The standard InChI is InChI=1S/C14H22O2/c1-4-7-13(16-3)14(15)12-9-6-8-11(5-2)10-12/h6,8-10,13-15H,4-5,7H2,1-3H3. The zero-order valence-electron chi connectivity index (χ0n) is 10.4. The topological polar surface area (TPSA) is 29.5 Å². The maximum Gasteiger partial charge on any atom is 0.105 e. The number of ether oxygens (including phenoxy) is 1. The van der Waals surface area contributed by atoms with Crippen LogP contribution in [0.3, 0.4) is 0 Å². The van der Waals surface area contributed by atoms with Crippen LogP contribution in [0.2, 0.25) is 0 Å².